The minimum absolute atomic E-state index is 0.0449. The first kappa shape index (κ1) is 14.3. The number of carbonyl (C=O) groups is 1. The zero-order valence-electron chi connectivity index (χ0n) is 12.5. The van der Waals surface area contributed by atoms with Gasteiger partial charge in [0.25, 0.3) is 5.91 Å². The lowest BCUT2D eigenvalue weighted by atomic mass is 10.2. The van der Waals surface area contributed by atoms with Crippen LogP contribution in [0.15, 0.2) is 53.7 Å². The van der Waals surface area contributed by atoms with Gasteiger partial charge in [-0.3, -0.25) is 4.79 Å². The van der Waals surface area contributed by atoms with Gasteiger partial charge in [0.05, 0.1) is 6.21 Å². The Morgan fingerprint density at radius 2 is 2.00 bits per heavy atom. The fourth-order valence-corrected chi connectivity index (χ4v) is 2.52. The molecule has 1 heterocycles. The molecule has 4 heteroatoms. The van der Waals surface area contributed by atoms with Gasteiger partial charge in [0.2, 0.25) is 0 Å². The Morgan fingerprint density at radius 3 is 2.82 bits per heavy atom. The van der Waals surface area contributed by atoms with Gasteiger partial charge in [-0.05, 0) is 30.5 Å². The summed E-state index contributed by atoms with van der Waals surface area (Å²) in [5.41, 5.74) is 4.34. The van der Waals surface area contributed by atoms with Crippen LogP contribution in [0.2, 0.25) is 0 Å². The Kier molecular flexibility index (Phi) is 4.19. The molecule has 1 amide bonds. The Bertz CT molecular complexity index is 692. The van der Waals surface area contributed by atoms with E-state index in [0.717, 1.165) is 17.7 Å². The third-order valence-electron chi connectivity index (χ3n) is 3.73. The van der Waals surface area contributed by atoms with Crippen LogP contribution in [-0.2, 0) is 16.1 Å². The molecular weight excluding hydrogens is 276 g/mol. The first-order valence-electron chi connectivity index (χ1n) is 7.34. The van der Waals surface area contributed by atoms with Crippen LogP contribution in [-0.4, -0.2) is 25.3 Å². The van der Waals surface area contributed by atoms with Crippen LogP contribution in [0.1, 0.15) is 16.7 Å². The number of oxime groups is 1. The van der Waals surface area contributed by atoms with Crippen molar-refractivity contribution in [3.63, 3.8) is 0 Å². The van der Waals surface area contributed by atoms with Crippen LogP contribution in [0.4, 0.5) is 5.69 Å². The Morgan fingerprint density at radius 1 is 1.23 bits per heavy atom. The average molecular weight is 294 g/mol. The number of anilines is 1. The molecular formula is C18H18N2O2. The highest BCUT2D eigenvalue weighted by Crippen LogP contribution is 2.27. The van der Waals surface area contributed by atoms with Crippen molar-refractivity contribution >= 4 is 17.8 Å². The predicted molar refractivity (Wildman–Crippen MR) is 87.2 cm³/mol. The number of hydrogen-bond acceptors (Lipinski definition) is 3. The molecule has 0 N–H and O–H groups in total. The van der Waals surface area contributed by atoms with Crippen molar-refractivity contribution in [2.24, 2.45) is 5.16 Å². The first-order valence-corrected chi connectivity index (χ1v) is 7.34. The highest BCUT2D eigenvalue weighted by Gasteiger charge is 2.24. The molecule has 0 aromatic heterocycles. The zero-order valence-corrected chi connectivity index (χ0v) is 12.5. The van der Waals surface area contributed by atoms with E-state index >= 15 is 0 Å². The maximum Gasteiger partial charge on any atom is 0.267 e. The number of carbonyl (C=O) groups excluding carboxylic acids is 1. The first-order chi connectivity index (χ1) is 10.7. The van der Waals surface area contributed by atoms with Gasteiger partial charge >= 0.3 is 0 Å². The number of fused-ring (bicyclic) bond motifs is 1. The molecule has 0 radical (unpaired) electrons. The number of rotatable bonds is 4. The third-order valence-corrected chi connectivity index (χ3v) is 3.73. The summed E-state index contributed by atoms with van der Waals surface area (Å²) in [7, 11) is 0. The molecule has 0 spiro atoms. The molecule has 0 saturated heterocycles. The Balaban J connectivity index is 1.54. The van der Waals surface area contributed by atoms with Gasteiger partial charge in [0.15, 0.2) is 6.61 Å². The van der Waals surface area contributed by atoms with Crippen LogP contribution >= 0.6 is 0 Å². The number of benzene rings is 2. The van der Waals surface area contributed by atoms with Crippen LogP contribution in [0.25, 0.3) is 0 Å². The van der Waals surface area contributed by atoms with Crippen LogP contribution in [0.3, 0.4) is 0 Å². The molecule has 4 nitrogen and oxygen atoms in total. The quantitative estimate of drug-likeness (QED) is 0.642. The van der Waals surface area contributed by atoms with E-state index in [0.29, 0.717) is 6.54 Å². The SMILES string of the molecule is Cc1ccc(/C=N\OCC(=O)N2CCc3ccccc32)cc1. The monoisotopic (exact) mass is 294 g/mol. The van der Waals surface area contributed by atoms with E-state index in [9.17, 15) is 4.79 Å². The summed E-state index contributed by atoms with van der Waals surface area (Å²) in [6.07, 6.45) is 2.51. The maximum atomic E-state index is 12.2. The number of nitrogens with zero attached hydrogens (tertiary/aromatic N) is 2. The van der Waals surface area contributed by atoms with Gasteiger partial charge in [-0.15, -0.1) is 0 Å². The van der Waals surface area contributed by atoms with E-state index in [-0.39, 0.29) is 12.5 Å². The van der Waals surface area contributed by atoms with Gasteiger partial charge in [0, 0.05) is 12.2 Å². The van der Waals surface area contributed by atoms with Gasteiger partial charge in [-0.2, -0.15) is 0 Å². The molecule has 112 valence electrons. The Labute approximate surface area is 130 Å². The summed E-state index contributed by atoms with van der Waals surface area (Å²) < 4.78 is 0. The average Bonchev–Trinajstić information content (AvgIpc) is 2.97. The molecule has 3 rings (SSSR count). The number of aryl methyl sites for hydroxylation is 1. The highest BCUT2D eigenvalue weighted by molar-refractivity contribution is 5.96. The van der Waals surface area contributed by atoms with E-state index < -0.39 is 0 Å². The lowest BCUT2D eigenvalue weighted by Gasteiger charge is -2.16. The van der Waals surface area contributed by atoms with Crippen molar-refractivity contribution in [3.05, 3.63) is 65.2 Å². The lowest BCUT2D eigenvalue weighted by Crippen LogP contribution is -2.31. The van der Waals surface area contributed by atoms with E-state index in [1.165, 1.54) is 11.1 Å². The normalized spacial score (nSPS) is 13.4. The van der Waals surface area contributed by atoms with E-state index in [2.05, 4.69) is 11.2 Å². The molecule has 0 aliphatic carbocycles. The van der Waals surface area contributed by atoms with Crippen LogP contribution in [0.5, 0.6) is 0 Å². The molecule has 0 saturated carbocycles. The van der Waals surface area contributed by atoms with Crippen molar-refractivity contribution in [2.45, 2.75) is 13.3 Å². The summed E-state index contributed by atoms with van der Waals surface area (Å²) >= 11 is 0. The second-order valence-corrected chi connectivity index (χ2v) is 5.34. The molecule has 2 aromatic rings. The summed E-state index contributed by atoms with van der Waals surface area (Å²) in [6, 6.07) is 15.9. The fourth-order valence-electron chi connectivity index (χ4n) is 2.52. The molecule has 22 heavy (non-hydrogen) atoms. The van der Waals surface area contributed by atoms with Crippen molar-refractivity contribution in [1.29, 1.82) is 0 Å². The zero-order chi connectivity index (χ0) is 15.4. The molecule has 1 aliphatic rings. The Hall–Kier alpha value is -2.62. The summed E-state index contributed by atoms with van der Waals surface area (Å²) in [5.74, 6) is -0.0639. The minimum Gasteiger partial charge on any atom is -0.386 e. The smallest absolute Gasteiger partial charge is 0.267 e. The van der Waals surface area contributed by atoms with Crippen molar-refractivity contribution in [2.75, 3.05) is 18.1 Å². The minimum atomic E-state index is -0.0639. The van der Waals surface area contributed by atoms with E-state index in [1.807, 2.05) is 49.4 Å². The molecule has 2 aromatic carbocycles. The molecule has 0 atom stereocenters. The molecule has 0 unspecified atom stereocenters. The predicted octanol–water partition coefficient (Wildman–Crippen LogP) is 2.93. The van der Waals surface area contributed by atoms with Gasteiger partial charge in [0.1, 0.15) is 0 Å². The molecule has 0 fully saturated rings. The number of para-hydroxylation sites is 1. The number of amides is 1. The topological polar surface area (TPSA) is 41.9 Å². The lowest BCUT2D eigenvalue weighted by molar-refractivity contribution is -0.122. The van der Waals surface area contributed by atoms with Crippen molar-refractivity contribution < 1.29 is 9.63 Å². The molecule has 0 bridgehead atoms. The van der Waals surface area contributed by atoms with Crippen molar-refractivity contribution in [1.82, 2.24) is 0 Å². The van der Waals surface area contributed by atoms with E-state index in [4.69, 9.17) is 4.84 Å². The highest BCUT2D eigenvalue weighted by atomic mass is 16.6. The number of hydrogen-bond donors (Lipinski definition) is 0. The summed E-state index contributed by atoms with van der Waals surface area (Å²) in [6.45, 7) is 2.70. The van der Waals surface area contributed by atoms with Gasteiger partial charge in [-0.25, -0.2) is 0 Å². The fraction of sp³-hybridized carbons (Fsp3) is 0.222. The van der Waals surface area contributed by atoms with Crippen molar-refractivity contribution in [3.8, 4) is 0 Å². The third kappa shape index (κ3) is 3.17. The standard InChI is InChI=1S/C18H18N2O2/c1-14-6-8-15(9-7-14)12-19-22-13-18(21)20-11-10-16-4-2-3-5-17(16)20/h2-9,12H,10-11,13H2,1H3/b19-12-. The largest absolute Gasteiger partial charge is 0.386 e. The second kappa shape index (κ2) is 6.43. The summed E-state index contributed by atoms with van der Waals surface area (Å²) in [4.78, 5) is 19.1. The summed E-state index contributed by atoms with van der Waals surface area (Å²) in [5, 5.41) is 3.87. The van der Waals surface area contributed by atoms with Gasteiger partial charge in [-0.1, -0.05) is 53.2 Å². The maximum absolute atomic E-state index is 12.2. The van der Waals surface area contributed by atoms with E-state index in [1.54, 1.807) is 11.1 Å². The molecule has 1 aliphatic heterocycles. The van der Waals surface area contributed by atoms with Crippen LogP contribution < -0.4 is 4.90 Å². The van der Waals surface area contributed by atoms with Crippen LogP contribution in [0, 0.1) is 6.92 Å². The second-order valence-electron chi connectivity index (χ2n) is 5.34. The van der Waals surface area contributed by atoms with Gasteiger partial charge < -0.3 is 9.74 Å².